The molecule has 0 aliphatic heterocycles. The average Bonchev–Trinajstić information content (AvgIpc) is 2.19. The van der Waals surface area contributed by atoms with Crippen molar-refractivity contribution in [1.82, 2.24) is 4.90 Å². The molecule has 2 N–H and O–H groups in total. The molecule has 94 valence electrons. The third-order valence-corrected chi connectivity index (χ3v) is 2.29. The highest BCUT2D eigenvalue weighted by Gasteiger charge is 2.30. The van der Waals surface area contributed by atoms with Gasteiger partial charge in [0.05, 0.1) is 16.3 Å². The van der Waals surface area contributed by atoms with E-state index < -0.39 is 11.7 Å². The predicted molar refractivity (Wildman–Crippen MR) is 61.4 cm³/mol. The normalized spacial score (nSPS) is 12.7. The second-order valence-corrected chi connectivity index (χ2v) is 3.94. The molecule has 0 bridgehead atoms. The molecule has 1 rings (SSSR count). The number of alkyl halides is 3. The van der Waals surface area contributed by atoms with Gasteiger partial charge in [-0.15, -0.1) is 0 Å². The number of hydrogen-bond donors (Lipinski definition) is 1. The van der Waals surface area contributed by atoms with Crippen LogP contribution in [0, 0.1) is 0 Å². The van der Waals surface area contributed by atoms with Gasteiger partial charge in [0.25, 0.3) is 0 Å². The summed E-state index contributed by atoms with van der Waals surface area (Å²) in [7, 11) is 3.25. The lowest BCUT2D eigenvalue weighted by molar-refractivity contribution is -0.137. The molecule has 0 heterocycles. The van der Waals surface area contributed by atoms with Gasteiger partial charge >= 0.3 is 6.18 Å². The van der Waals surface area contributed by atoms with E-state index in [-0.39, 0.29) is 16.7 Å². The molecule has 3 nitrogen and oxygen atoms in total. The van der Waals surface area contributed by atoms with Crippen molar-refractivity contribution in [2.45, 2.75) is 6.18 Å². The van der Waals surface area contributed by atoms with Crippen molar-refractivity contribution in [3.05, 3.63) is 28.8 Å². The van der Waals surface area contributed by atoms with Crippen LogP contribution in [-0.4, -0.2) is 25.0 Å². The predicted octanol–water partition coefficient (Wildman–Crippen LogP) is 2.87. The molecule has 7 heteroatoms. The lowest BCUT2D eigenvalue weighted by Gasteiger charge is -2.12. The van der Waals surface area contributed by atoms with Crippen LogP contribution < -0.4 is 5.73 Å². The van der Waals surface area contributed by atoms with Crippen molar-refractivity contribution in [2.75, 3.05) is 14.1 Å². The van der Waals surface area contributed by atoms with Gasteiger partial charge in [-0.2, -0.15) is 13.2 Å². The molecule has 0 amide bonds. The summed E-state index contributed by atoms with van der Waals surface area (Å²) in [5.74, 6) is 0.0752. The number of benzene rings is 1. The fourth-order valence-electron chi connectivity index (χ4n) is 0.998. The Morgan fingerprint density at radius 3 is 2.41 bits per heavy atom. The molecule has 1 aromatic rings. The molecule has 0 radical (unpaired) electrons. The molecule has 0 aliphatic carbocycles. The third kappa shape index (κ3) is 3.52. The summed E-state index contributed by atoms with van der Waals surface area (Å²) in [6.07, 6.45) is -4.43. The van der Waals surface area contributed by atoms with Crippen LogP contribution in [0.4, 0.5) is 18.9 Å². The number of hydrogen-bond acceptors (Lipinski definition) is 1. The summed E-state index contributed by atoms with van der Waals surface area (Å²) in [5.41, 5.74) is 4.69. The van der Waals surface area contributed by atoms with Crippen molar-refractivity contribution < 1.29 is 13.2 Å². The molecule has 0 aliphatic rings. The number of aliphatic imine (C=N–C) groups is 1. The van der Waals surface area contributed by atoms with E-state index in [4.69, 9.17) is 17.3 Å². The Kier molecular flexibility index (Phi) is 3.87. The Hall–Kier alpha value is -1.43. The zero-order valence-corrected chi connectivity index (χ0v) is 9.97. The first-order valence-corrected chi connectivity index (χ1v) is 4.98. The minimum Gasteiger partial charge on any atom is -0.370 e. The first-order chi connectivity index (χ1) is 7.71. The van der Waals surface area contributed by atoms with Crippen LogP contribution in [0.25, 0.3) is 0 Å². The molecule has 0 fully saturated rings. The Morgan fingerprint density at radius 1 is 1.35 bits per heavy atom. The zero-order chi connectivity index (χ0) is 13.2. The molecule has 0 spiro atoms. The van der Waals surface area contributed by atoms with Gasteiger partial charge in [-0.1, -0.05) is 11.6 Å². The standard InChI is InChI=1S/C10H11ClF3N3/c1-17(2)9(15)16-8-5-6(10(12,13)14)3-4-7(8)11/h3-5H,1-2H3,(H2,15,16). The van der Waals surface area contributed by atoms with Gasteiger partial charge in [0, 0.05) is 14.1 Å². The highest BCUT2D eigenvalue weighted by molar-refractivity contribution is 6.33. The molecule has 0 saturated carbocycles. The highest BCUT2D eigenvalue weighted by atomic mass is 35.5. The smallest absolute Gasteiger partial charge is 0.370 e. The van der Waals surface area contributed by atoms with Crippen LogP contribution >= 0.6 is 11.6 Å². The van der Waals surface area contributed by atoms with Gasteiger partial charge in [0.1, 0.15) is 0 Å². The molecule has 17 heavy (non-hydrogen) atoms. The van der Waals surface area contributed by atoms with Crippen LogP contribution in [0.15, 0.2) is 23.2 Å². The zero-order valence-electron chi connectivity index (χ0n) is 9.22. The molecule has 0 atom stereocenters. The number of rotatable bonds is 1. The van der Waals surface area contributed by atoms with Crippen molar-refractivity contribution in [1.29, 1.82) is 0 Å². The van der Waals surface area contributed by atoms with Crippen LogP contribution in [0.5, 0.6) is 0 Å². The maximum absolute atomic E-state index is 12.5. The Balaban J connectivity index is 3.21. The van der Waals surface area contributed by atoms with E-state index in [0.29, 0.717) is 0 Å². The van der Waals surface area contributed by atoms with E-state index in [1.807, 2.05) is 0 Å². The van der Waals surface area contributed by atoms with E-state index in [2.05, 4.69) is 4.99 Å². The summed E-state index contributed by atoms with van der Waals surface area (Å²) in [5, 5.41) is 0.114. The van der Waals surface area contributed by atoms with Crippen molar-refractivity contribution >= 4 is 23.2 Å². The number of guanidine groups is 1. The second-order valence-electron chi connectivity index (χ2n) is 3.53. The average molecular weight is 266 g/mol. The van der Waals surface area contributed by atoms with Gasteiger partial charge in [-0.25, -0.2) is 4.99 Å². The summed E-state index contributed by atoms with van der Waals surface area (Å²) in [6, 6.07) is 2.90. The molecule has 0 unspecified atom stereocenters. The monoisotopic (exact) mass is 265 g/mol. The minimum atomic E-state index is -4.43. The number of nitrogens with zero attached hydrogens (tertiary/aromatic N) is 2. The van der Waals surface area contributed by atoms with Gasteiger partial charge in [-0.3, -0.25) is 0 Å². The van der Waals surface area contributed by atoms with Gasteiger partial charge in [-0.05, 0) is 18.2 Å². The Bertz CT molecular complexity index is 441. The van der Waals surface area contributed by atoms with E-state index in [1.165, 1.54) is 4.90 Å². The first kappa shape index (κ1) is 13.6. The minimum absolute atomic E-state index is 0.00677. The lowest BCUT2D eigenvalue weighted by atomic mass is 10.2. The van der Waals surface area contributed by atoms with Crippen LogP contribution in [-0.2, 0) is 6.18 Å². The van der Waals surface area contributed by atoms with E-state index >= 15 is 0 Å². The second kappa shape index (κ2) is 4.83. The lowest BCUT2D eigenvalue weighted by Crippen LogP contribution is -2.29. The van der Waals surface area contributed by atoms with Crippen molar-refractivity contribution in [3.63, 3.8) is 0 Å². The van der Waals surface area contributed by atoms with E-state index in [9.17, 15) is 13.2 Å². The maximum Gasteiger partial charge on any atom is 0.416 e. The Morgan fingerprint density at radius 2 is 1.94 bits per heavy atom. The highest BCUT2D eigenvalue weighted by Crippen LogP contribution is 2.34. The van der Waals surface area contributed by atoms with Crippen LogP contribution in [0.1, 0.15) is 5.56 Å². The SMILES string of the molecule is CN(C)C(N)=Nc1cc(C(F)(F)F)ccc1Cl. The summed E-state index contributed by atoms with van der Waals surface area (Å²) < 4.78 is 37.4. The summed E-state index contributed by atoms with van der Waals surface area (Å²) in [6.45, 7) is 0. The van der Waals surface area contributed by atoms with Gasteiger partial charge < -0.3 is 10.6 Å². The van der Waals surface area contributed by atoms with Crippen LogP contribution in [0.3, 0.4) is 0 Å². The fraction of sp³-hybridized carbons (Fsp3) is 0.300. The van der Waals surface area contributed by atoms with Crippen LogP contribution in [0.2, 0.25) is 5.02 Å². The number of nitrogens with two attached hydrogens (primary N) is 1. The van der Waals surface area contributed by atoms with Gasteiger partial charge in [0.2, 0.25) is 0 Å². The first-order valence-electron chi connectivity index (χ1n) is 4.60. The van der Waals surface area contributed by atoms with Gasteiger partial charge in [0.15, 0.2) is 5.96 Å². The van der Waals surface area contributed by atoms with E-state index in [1.54, 1.807) is 14.1 Å². The molecular weight excluding hydrogens is 255 g/mol. The summed E-state index contributed by atoms with van der Waals surface area (Å²) >= 11 is 5.75. The summed E-state index contributed by atoms with van der Waals surface area (Å²) in [4.78, 5) is 5.29. The molecule has 1 aromatic carbocycles. The third-order valence-electron chi connectivity index (χ3n) is 1.97. The quantitative estimate of drug-likeness (QED) is 0.627. The van der Waals surface area contributed by atoms with E-state index in [0.717, 1.165) is 18.2 Å². The molecule has 0 saturated heterocycles. The number of halogens is 4. The Labute approximate surface area is 102 Å². The molecular formula is C10H11ClF3N3. The van der Waals surface area contributed by atoms with Crippen molar-refractivity contribution in [2.24, 2.45) is 10.7 Å². The fourth-order valence-corrected chi connectivity index (χ4v) is 1.16. The topological polar surface area (TPSA) is 41.6 Å². The largest absolute Gasteiger partial charge is 0.416 e. The molecule has 0 aromatic heterocycles. The van der Waals surface area contributed by atoms with Crippen molar-refractivity contribution in [3.8, 4) is 0 Å². The maximum atomic E-state index is 12.5.